The summed E-state index contributed by atoms with van der Waals surface area (Å²) in [5, 5.41) is 11.2. The fourth-order valence-corrected chi connectivity index (χ4v) is 1.76. The van der Waals surface area contributed by atoms with Crippen LogP contribution in [0, 0.1) is 10.1 Å². The molecule has 1 aromatic heterocycles. The van der Waals surface area contributed by atoms with Crippen LogP contribution in [0.25, 0.3) is 0 Å². The molecule has 0 atom stereocenters. The zero-order chi connectivity index (χ0) is 14.7. The third-order valence-corrected chi connectivity index (χ3v) is 3.17. The van der Waals surface area contributed by atoms with Crippen molar-refractivity contribution in [1.82, 2.24) is 4.98 Å². The molecule has 0 saturated carbocycles. The Balaban J connectivity index is 2.36. The van der Waals surface area contributed by atoms with Gasteiger partial charge in [0, 0.05) is 30.9 Å². The molecule has 1 heterocycles. The SMILES string of the molecule is NCc1ccc(Oc2cc(Cl)c(Cl)cc2[N+](=O)[O-])nc1. The Labute approximate surface area is 124 Å². The van der Waals surface area contributed by atoms with Crippen LogP contribution < -0.4 is 10.5 Å². The van der Waals surface area contributed by atoms with Gasteiger partial charge in [0.15, 0.2) is 0 Å². The Morgan fingerprint density at radius 2 is 2.00 bits per heavy atom. The molecule has 0 spiro atoms. The molecule has 0 aliphatic heterocycles. The molecule has 2 aromatic rings. The standard InChI is InChI=1S/C12H9Cl2N3O3/c13-8-3-10(17(18)19)11(4-9(8)14)20-12-2-1-7(5-15)6-16-12/h1-4,6H,5,15H2. The van der Waals surface area contributed by atoms with Crippen molar-refractivity contribution in [3.63, 3.8) is 0 Å². The quantitative estimate of drug-likeness (QED) is 0.688. The molecule has 0 radical (unpaired) electrons. The van der Waals surface area contributed by atoms with E-state index in [0.717, 1.165) is 11.6 Å². The third kappa shape index (κ3) is 3.16. The summed E-state index contributed by atoms with van der Waals surface area (Å²) in [6.45, 7) is 0.347. The van der Waals surface area contributed by atoms with Gasteiger partial charge < -0.3 is 10.5 Å². The van der Waals surface area contributed by atoms with Gasteiger partial charge in [0.05, 0.1) is 15.0 Å². The third-order valence-electron chi connectivity index (χ3n) is 2.45. The lowest BCUT2D eigenvalue weighted by atomic mass is 10.3. The summed E-state index contributed by atoms with van der Waals surface area (Å²) in [6.07, 6.45) is 1.53. The van der Waals surface area contributed by atoms with Crippen molar-refractivity contribution < 1.29 is 9.66 Å². The molecule has 0 aliphatic rings. The van der Waals surface area contributed by atoms with Crippen LogP contribution in [-0.2, 0) is 6.54 Å². The van der Waals surface area contributed by atoms with Crippen molar-refractivity contribution in [2.45, 2.75) is 6.54 Å². The molecule has 1 aromatic carbocycles. The number of halogens is 2. The molecular formula is C12H9Cl2N3O3. The van der Waals surface area contributed by atoms with E-state index in [-0.39, 0.29) is 27.4 Å². The fourth-order valence-electron chi connectivity index (χ4n) is 1.45. The number of hydrogen-bond donors (Lipinski definition) is 1. The minimum Gasteiger partial charge on any atom is -0.432 e. The monoisotopic (exact) mass is 313 g/mol. The molecule has 2 rings (SSSR count). The first kappa shape index (κ1) is 14.5. The summed E-state index contributed by atoms with van der Waals surface area (Å²) in [4.78, 5) is 14.4. The number of hydrogen-bond acceptors (Lipinski definition) is 5. The summed E-state index contributed by atoms with van der Waals surface area (Å²) in [7, 11) is 0. The van der Waals surface area contributed by atoms with Crippen LogP contribution in [0.4, 0.5) is 5.69 Å². The molecule has 0 bridgehead atoms. The number of aromatic nitrogens is 1. The average molecular weight is 314 g/mol. The number of nitrogens with zero attached hydrogens (tertiary/aromatic N) is 2. The van der Waals surface area contributed by atoms with Crippen molar-refractivity contribution in [2.24, 2.45) is 5.73 Å². The van der Waals surface area contributed by atoms with Gasteiger partial charge in [0.25, 0.3) is 0 Å². The van der Waals surface area contributed by atoms with Gasteiger partial charge in [-0.05, 0) is 5.56 Å². The normalized spacial score (nSPS) is 10.3. The van der Waals surface area contributed by atoms with Crippen LogP contribution in [0.1, 0.15) is 5.56 Å². The largest absolute Gasteiger partial charge is 0.432 e. The average Bonchev–Trinajstić information content (AvgIpc) is 2.43. The highest BCUT2D eigenvalue weighted by Crippen LogP contribution is 2.37. The molecule has 0 unspecified atom stereocenters. The lowest BCUT2D eigenvalue weighted by Gasteiger charge is -2.07. The first-order valence-corrected chi connectivity index (χ1v) is 6.23. The summed E-state index contributed by atoms with van der Waals surface area (Å²) >= 11 is 11.6. The second kappa shape index (κ2) is 6.04. The van der Waals surface area contributed by atoms with Gasteiger partial charge in [-0.1, -0.05) is 29.3 Å². The molecular weight excluding hydrogens is 305 g/mol. The van der Waals surface area contributed by atoms with E-state index in [2.05, 4.69) is 4.98 Å². The Morgan fingerprint density at radius 1 is 1.30 bits per heavy atom. The molecule has 2 N–H and O–H groups in total. The molecule has 0 saturated heterocycles. The van der Waals surface area contributed by atoms with Gasteiger partial charge >= 0.3 is 5.69 Å². The molecule has 104 valence electrons. The van der Waals surface area contributed by atoms with E-state index in [0.29, 0.717) is 6.54 Å². The van der Waals surface area contributed by atoms with E-state index < -0.39 is 4.92 Å². The minimum absolute atomic E-state index is 0.0302. The summed E-state index contributed by atoms with van der Waals surface area (Å²) < 4.78 is 5.37. The molecule has 0 aliphatic carbocycles. The smallest absolute Gasteiger partial charge is 0.313 e. The van der Waals surface area contributed by atoms with Crippen LogP contribution in [0.5, 0.6) is 11.6 Å². The van der Waals surface area contributed by atoms with E-state index in [1.54, 1.807) is 12.1 Å². The van der Waals surface area contributed by atoms with Gasteiger partial charge in [-0.25, -0.2) is 4.98 Å². The Morgan fingerprint density at radius 3 is 2.55 bits per heavy atom. The number of nitro groups is 1. The predicted octanol–water partition coefficient (Wildman–Crippen LogP) is 3.55. The highest BCUT2D eigenvalue weighted by molar-refractivity contribution is 6.42. The minimum atomic E-state index is -0.605. The second-order valence-electron chi connectivity index (χ2n) is 3.80. The first-order valence-electron chi connectivity index (χ1n) is 5.47. The van der Waals surface area contributed by atoms with E-state index in [1.807, 2.05) is 0 Å². The fraction of sp³-hybridized carbons (Fsp3) is 0.0833. The summed E-state index contributed by atoms with van der Waals surface area (Å²) in [5.74, 6) is 0.168. The molecule has 6 nitrogen and oxygen atoms in total. The van der Waals surface area contributed by atoms with Crippen LogP contribution in [0.3, 0.4) is 0 Å². The lowest BCUT2D eigenvalue weighted by Crippen LogP contribution is -1.98. The van der Waals surface area contributed by atoms with Gasteiger partial charge in [-0.2, -0.15) is 0 Å². The number of benzene rings is 1. The summed E-state index contributed by atoms with van der Waals surface area (Å²) in [6, 6.07) is 5.69. The molecule has 20 heavy (non-hydrogen) atoms. The number of ether oxygens (including phenoxy) is 1. The van der Waals surface area contributed by atoms with Crippen molar-refractivity contribution in [2.75, 3.05) is 0 Å². The zero-order valence-electron chi connectivity index (χ0n) is 10.0. The first-order chi connectivity index (χ1) is 9.51. The molecule has 8 heteroatoms. The van der Waals surface area contributed by atoms with Gasteiger partial charge in [-0.15, -0.1) is 0 Å². The lowest BCUT2D eigenvalue weighted by molar-refractivity contribution is -0.385. The maximum Gasteiger partial charge on any atom is 0.313 e. The van der Waals surface area contributed by atoms with Crippen molar-refractivity contribution in [3.05, 3.63) is 56.2 Å². The highest BCUT2D eigenvalue weighted by atomic mass is 35.5. The van der Waals surface area contributed by atoms with E-state index in [9.17, 15) is 10.1 Å². The van der Waals surface area contributed by atoms with Gasteiger partial charge in [0.1, 0.15) is 0 Å². The maximum atomic E-state index is 11.0. The Hall–Kier alpha value is -1.89. The van der Waals surface area contributed by atoms with E-state index in [1.165, 1.54) is 12.3 Å². The molecule has 0 fully saturated rings. The van der Waals surface area contributed by atoms with E-state index >= 15 is 0 Å². The maximum absolute atomic E-state index is 11.0. The zero-order valence-corrected chi connectivity index (χ0v) is 11.6. The van der Waals surface area contributed by atoms with Crippen LogP contribution in [0.2, 0.25) is 10.0 Å². The summed E-state index contributed by atoms with van der Waals surface area (Å²) in [5.41, 5.74) is 5.98. The van der Waals surface area contributed by atoms with Gasteiger partial charge in [-0.3, -0.25) is 10.1 Å². The van der Waals surface area contributed by atoms with Gasteiger partial charge in [0.2, 0.25) is 11.6 Å². The van der Waals surface area contributed by atoms with Crippen molar-refractivity contribution in [1.29, 1.82) is 0 Å². The topological polar surface area (TPSA) is 91.3 Å². The number of nitrogens with two attached hydrogens (primary N) is 1. The predicted molar refractivity (Wildman–Crippen MR) is 75.3 cm³/mol. The highest BCUT2D eigenvalue weighted by Gasteiger charge is 2.19. The van der Waals surface area contributed by atoms with Crippen molar-refractivity contribution >= 4 is 28.9 Å². The van der Waals surface area contributed by atoms with Crippen LogP contribution >= 0.6 is 23.2 Å². The van der Waals surface area contributed by atoms with E-state index in [4.69, 9.17) is 33.7 Å². The Bertz CT molecular complexity index is 647. The molecule has 0 amide bonds. The second-order valence-corrected chi connectivity index (χ2v) is 4.62. The Kier molecular flexibility index (Phi) is 4.39. The number of nitro benzene ring substituents is 1. The number of pyridine rings is 1. The van der Waals surface area contributed by atoms with Crippen LogP contribution in [0.15, 0.2) is 30.5 Å². The van der Waals surface area contributed by atoms with Crippen LogP contribution in [-0.4, -0.2) is 9.91 Å². The number of rotatable bonds is 4. The van der Waals surface area contributed by atoms with Crippen molar-refractivity contribution in [3.8, 4) is 11.6 Å².